The van der Waals surface area contributed by atoms with Crippen molar-refractivity contribution < 1.29 is 17.9 Å². The zero-order valence-corrected chi connectivity index (χ0v) is 15.4. The average Bonchev–Trinajstić information content (AvgIpc) is 3.15. The molecular weight excluding hydrogens is 356 g/mol. The lowest BCUT2D eigenvalue weighted by atomic mass is 10.2. The summed E-state index contributed by atoms with van der Waals surface area (Å²) in [4.78, 5) is 16.1. The molecule has 2 heterocycles. The third-order valence-electron chi connectivity index (χ3n) is 4.27. The molecule has 1 fully saturated rings. The number of rotatable bonds is 6. The van der Waals surface area contributed by atoms with E-state index in [0.717, 1.165) is 19.3 Å². The monoisotopic (exact) mass is 378 g/mol. The van der Waals surface area contributed by atoms with Gasteiger partial charge in [0.05, 0.1) is 13.4 Å². The Balaban J connectivity index is 1.83. The normalized spacial score (nSPS) is 15.6. The minimum Gasteiger partial charge on any atom is -0.495 e. The van der Waals surface area contributed by atoms with Gasteiger partial charge < -0.3 is 14.6 Å². The van der Waals surface area contributed by atoms with Crippen LogP contribution in [0.25, 0.3) is 0 Å². The van der Waals surface area contributed by atoms with Crippen LogP contribution in [0.5, 0.6) is 5.75 Å². The van der Waals surface area contributed by atoms with E-state index >= 15 is 0 Å². The molecule has 0 spiro atoms. The number of amides is 1. The topological polar surface area (TPSA) is 93.5 Å². The maximum Gasteiger partial charge on any atom is 0.246 e. The van der Waals surface area contributed by atoms with Crippen molar-refractivity contribution in [1.29, 1.82) is 0 Å². The van der Waals surface area contributed by atoms with Crippen LogP contribution in [0, 0.1) is 0 Å². The van der Waals surface area contributed by atoms with Crippen LogP contribution in [0.4, 0.5) is 5.69 Å². The second-order valence-corrected chi connectivity index (χ2v) is 8.02. The van der Waals surface area contributed by atoms with E-state index in [1.165, 1.54) is 17.5 Å². The first-order chi connectivity index (χ1) is 12.5. The number of ether oxygens (including phenoxy) is 1. The molecule has 26 heavy (non-hydrogen) atoms. The van der Waals surface area contributed by atoms with Gasteiger partial charge in [0.25, 0.3) is 0 Å². The summed E-state index contributed by atoms with van der Waals surface area (Å²) in [6.07, 6.45) is 7.54. The SMILES string of the molecule is COc1ccc(NC(=O)Cn2ccnc2)cc1S(=O)(=O)N1CCCCC1. The molecular formula is C17H22N4O4S. The van der Waals surface area contributed by atoms with Crippen molar-refractivity contribution in [2.75, 3.05) is 25.5 Å². The van der Waals surface area contributed by atoms with Crippen LogP contribution in [0.3, 0.4) is 0 Å². The number of aromatic nitrogens is 2. The van der Waals surface area contributed by atoms with Gasteiger partial charge in [-0.3, -0.25) is 4.79 Å². The third-order valence-corrected chi connectivity index (χ3v) is 6.19. The van der Waals surface area contributed by atoms with Gasteiger partial charge in [0, 0.05) is 31.2 Å². The highest BCUT2D eigenvalue weighted by Gasteiger charge is 2.29. The van der Waals surface area contributed by atoms with E-state index in [4.69, 9.17) is 4.74 Å². The first-order valence-electron chi connectivity index (χ1n) is 8.44. The minimum atomic E-state index is -3.67. The Bertz CT molecular complexity index is 859. The van der Waals surface area contributed by atoms with Crippen molar-refractivity contribution in [3.63, 3.8) is 0 Å². The number of nitrogens with one attached hydrogen (secondary N) is 1. The number of methoxy groups -OCH3 is 1. The molecule has 0 bridgehead atoms. The highest BCUT2D eigenvalue weighted by Crippen LogP contribution is 2.31. The molecule has 1 N–H and O–H groups in total. The highest BCUT2D eigenvalue weighted by atomic mass is 32.2. The molecule has 0 radical (unpaired) electrons. The van der Waals surface area contributed by atoms with Crippen molar-refractivity contribution in [2.24, 2.45) is 0 Å². The van der Waals surface area contributed by atoms with Crippen molar-refractivity contribution in [3.8, 4) is 5.75 Å². The van der Waals surface area contributed by atoms with E-state index in [2.05, 4.69) is 10.3 Å². The largest absolute Gasteiger partial charge is 0.495 e. The average molecular weight is 378 g/mol. The molecule has 0 saturated carbocycles. The number of anilines is 1. The first kappa shape index (κ1) is 18.4. The molecule has 8 nitrogen and oxygen atoms in total. The fraction of sp³-hybridized carbons (Fsp3) is 0.412. The number of benzene rings is 1. The van der Waals surface area contributed by atoms with Gasteiger partial charge in [0.15, 0.2) is 0 Å². The predicted octanol–water partition coefficient (Wildman–Crippen LogP) is 1.70. The molecule has 0 atom stereocenters. The van der Waals surface area contributed by atoms with Gasteiger partial charge in [-0.05, 0) is 31.0 Å². The van der Waals surface area contributed by atoms with E-state index < -0.39 is 10.0 Å². The maximum absolute atomic E-state index is 13.0. The molecule has 1 saturated heterocycles. The summed E-state index contributed by atoms with van der Waals surface area (Å²) in [7, 11) is -2.24. The third kappa shape index (κ3) is 4.05. The van der Waals surface area contributed by atoms with Gasteiger partial charge in [-0.2, -0.15) is 4.31 Å². The number of sulfonamides is 1. The molecule has 1 aromatic carbocycles. The molecule has 140 valence electrons. The first-order valence-corrected chi connectivity index (χ1v) is 9.88. The van der Waals surface area contributed by atoms with Gasteiger partial charge in [-0.1, -0.05) is 6.42 Å². The molecule has 2 aromatic rings. The summed E-state index contributed by atoms with van der Waals surface area (Å²) >= 11 is 0. The molecule has 3 rings (SSSR count). The zero-order chi connectivity index (χ0) is 18.6. The van der Waals surface area contributed by atoms with Crippen LogP contribution in [-0.2, 0) is 21.4 Å². The summed E-state index contributed by atoms with van der Waals surface area (Å²) in [6.45, 7) is 1.10. The molecule has 1 amide bonds. The molecule has 0 unspecified atom stereocenters. The number of nitrogens with zero attached hydrogens (tertiary/aromatic N) is 3. The van der Waals surface area contributed by atoms with Gasteiger partial charge in [0.2, 0.25) is 15.9 Å². The van der Waals surface area contributed by atoms with E-state index in [-0.39, 0.29) is 23.1 Å². The quantitative estimate of drug-likeness (QED) is 0.826. The summed E-state index contributed by atoms with van der Waals surface area (Å²) in [5.74, 6) is -0.00216. The summed E-state index contributed by atoms with van der Waals surface area (Å²) in [5.41, 5.74) is 0.409. The Kier molecular flexibility index (Phi) is 5.58. The standard InChI is InChI=1S/C17H22N4O4S/c1-25-15-6-5-14(19-17(22)12-20-10-7-18-13-20)11-16(15)26(23,24)21-8-3-2-4-9-21/h5-7,10-11,13H,2-4,8-9,12H2,1H3,(H,19,22). The molecule has 1 aliphatic heterocycles. The van der Waals surface area contributed by atoms with E-state index in [9.17, 15) is 13.2 Å². The van der Waals surface area contributed by atoms with Crippen molar-refractivity contribution in [1.82, 2.24) is 13.9 Å². The summed E-state index contributed by atoms with van der Waals surface area (Å²) < 4.78 is 34.3. The number of hydrogen-bond donors (Lipinski definition) is 1. The number of carbonyl (C=O) groups excluding carboxylic acids is 1. The minimum absolute atomic E-state index is 0.0716. The van der Waals surface area contributed by atoms with Gasteiger partial charge in [0.1, 0.15) is 17.2 Å². The molecule has 1 aromatic heterocycles. The van der Waals surface area contributed by atoms with Crippen LogP contribution in [0.1, 0.15) is 19.3 Å². The van der Waals surface area contributed by atoms with Crippen molar-refractivity contribution in [2.45, 2.75) is 30.7 Å². The number of piperidine rings is 1. The number of carbonyl (C=O) groups is 1. The lowest BCUT2D eigenvalue weighted by Gasteiger charge is -2.26. The van der Waals surface area contributed by atoms with Crippen LogP contribution in [0.15, 0.2) is 41.8 Å². The summed E-state index contributed by atoms with van der Waals surface area (Å²) in [5, 5.41) is 2.72. The second kappa shape index (κ2) is 7.88. The Labute approximate surface area is 152 Å². The smallest absolute Gasteiger partial charge is 0.246 e. The lowest BCUT2D eigenvalue weighted by molar-refractivity contribution is -0.116. The lowest BCUT2D eigenvalue weighted by Crippen LogP contribution is -2.35. The Morgan fingerprint density at radius 3 is 2.69 bits per heavy atom. The fourth-order valence-corrected chi connectivity index (χ4v) is 4.65. The molecule has 0 aliphatic carbocycles. The van der Waals surface area contributed by atoms with Crippen LogP contribution in [0.2, 0.25) is 0 Å². The number of imidazole rings is 1. The van der Waals surface area contributed by atoms with Gasteiger partial charge in [-0.15, -0.1) is 0 Å². The van der Waals surface area contributed by atoms with Gasteiger partial charge >= 0.3 is 0 Å². The van der Waals surface area contributed by atoms with E-state index in [1.807, 2.05) is 0 Å². The fourth-order valence-electron chi connectivity index (χ4n) is 2.95. The Morgan fingerprint density at radius 1 is 1.27 bits per heavy atom. The number of hydrogen-bond acceptors (Lipinski definition) is 5. The maximum atomic E-state index is 13.0. The van der Waals surface area contributed by atoms with E-state index in [1.54, 1.807) is 35.4 Å². The van der Waals surface area contributed by atoms with E-state index in [0.29, 0.717) is 18.8 Å². The van der Waals surface area contributed by atoms with Crippen LogP contribution in [-0.4, -0.2) is 48.4 Å². The van der Waals surface area contributed by atoms with Crippen molar-refractivity contribution in [3.05, 3.63) is 36.9 Å². The zero-order valence-electron chi connectivity index (χ0n) is 14.6. The predicted molar refractivity (Wildman–Crippen MR) is 96.5 cm³/mol. The molecule has 9 heteroatoms. The van der Waals surface area contributed by atoms with Crippen LogP contribution >= 0.6 is 0 Å². The summed E-state index contributed by atoms with van der Waals surface area (Å²) in [6, 6.07) is 4.64. The van der Waals surface area contributed by atoms with Crippen molar-refractivity contribution >= 4 is 21.6 Å². The van der Waals surface area contributed by atoms with Gasteiger partial charge in [-0.25, -0.2) is 13.4 Å². The van der Waals surface area contributed by atoms with Crippen LogP contribution < -0.4 is 10.1 Å². The molecule has 1 aliphatic rings. The second-order valence-electron chi connectivity index (χ2n) is 6.11. The Hall–Kier alpha value is -2.39. The highest BCUT2D eigenvalue weighted by molar-refractivity contribution is 7.89. The Morgan fingerprint density at radius 2 is 2.04 bits per heavy atom.